The number of phenols is 1. The molecule has 0 saturated carbocycles. The molecule has 31 heavy (non-hydrogen) atoms. The summed E-state index contributed by atoms with van der Waals surface area (Å²) in [6.07, 6.45) is 1.18. The van der Waals surface area contributed by atoms with Gasteiger partial charge in [0.1, 0.15) is 0 Å². The molecular weight excluding hydrogens is 412 g/mol. The molecule has 12 nitrogen and oxygen atoms in total. The number of rotatable bonds is 9. The number of phenolic OH excluding ortho intramolecular Hbond substituents is 1. The van der Waals surface area contributed by atoms with E-state index in [1.54, 1.807) is 0 Å². The van der Waals surface area contributed by atoms with Crippen molar-refractivity contribution in [2.45, 2.75) is 0 Å². The summed E-state index contributed by atoms with van der Waals surface area (Å²) < 4.78 is 15.5. The van der Waals surface area contributed by atoms with Crippen LogP contribution in [-0.2, 0) is 4.79 Å². The highest BCUT2D eigenvalue weighted by Gasteiger charge is 2.17. The minimum absolute atomic E-state index is 0.187. The summed E-state index contributed by atoms with van der Waals surface area (Å²) in [5, 5.41) is 26.3. The Morgan fingerprint density at radius 1 is 1.13 bits per heavy atom. The number of ether oxygens (including phenoxy) is 3. The highest BCUT2D eigenvalue weighted by Crippen LogP contribution is 2.38. The van der Waals surface area contributed by atoms with Gasteiger partial charge < -0.3 is 24.6 Å². The number of hydrogen-bond acceptors (Lipinski definition) is 9. The van der Waals surface area contributed by atoms with E-state index in [1.807, 2.05) is 0 Å². The number of methoxy groups -OCH3 is 3. The average molecular weight is 432 g/mol. The molecule has 0 aliphatic rings. The van der Waals surface area contributed by atoms with Crippen molar-refractivity contribution in [3.05, 3.63) is 51.6 Å². The molecular formula is C19H20N4O8. The van der Waals surface area contributed by atoms with Gasteiger partial charge in [-0.25, -0.2) is 5.43 Å². The number of hydrogen-bond donors (Lipinski definition) is 3. The maximum atomic E-state index is 12.3. The van der Waals surface area contributed by atoms with E-state index in [4.69, 9.17) is 14.2 Å². The van der Waals surface area contributed by atoms with E-state index in [1.165, 1.54) is 45.7 Å². The minimum Gasteiger partial charge on any atom is -0.502 e. The summed E-state index contributed by atoms with van der Waals surface area (Å²) in [5.41, 5.74) is 2.25. The van der Waals surface area contributed by atoms with Crippen LogP contribution in [0.3, 0.4) is 0 Å². The van der Waals surface area contributed by atoms with Crippen molar-refractivity contribution < 1.29 is 33.8 Å². The Balaban J connectivity index is 1.95. The third-order valence-corrected chi connectivity index (χ3v) is 3.94. The highest BCUT2D eigenvalue weighted by molar-refractivity contribution is 5.97. The van der Waals surface area contributed by atoms with Gasteiger partial charge in [-0.2, -0.15) is 5.10 Å². The first-order valence-electron chi connectivity index (χ1n) is 8.68. The zero-order valence-electron chi connectivity index (χ0n) is 16.9. The Labute approximate surface area is 176 Å². The minimum atomic E-state index is -0.727. The molecule has 0 saturated heterocycles. The van der Waals surface area contributed by atoms with Crippen LogP contribution < -0.4 is 25.0 Å². The topological polar surface area (TPSA) is 162 Å². The molecule has 0 spiro atoms. The Bertz CT molecular complexity index is 997. The maximum Gasteiger partial charge on any atom is 0.310 e. The van der Waals surface area contributed by atoms with Crippen molar-refractivity contribution >= 4 is 23.7 Å². The molecule has 0 radical (unpaired) electrons. The summed E-state index contributed by atoms with van der Waals surface area (Å²) in [4.78, 5) is 34.2. The summed E-state index contributed by atoms with van der Waals surface area (Å²) >= 11 is 0. The summed E-state index contributed by atoms with van der Waals surface area (Å²) in [7, 11) is 4.26. The van der Waals surface area contributed by atoms with Crippen molar-refractivity contribution in [2.75, 3.05) is 27.9 Å². The van der Waals surface area contributed by atoms with Crippen molar-refractivity contribution in [3.8, 4) is 23.0 Å². The van der Waals surface area contributed by atoms with E-state index in [2.05, 4.69) is 15.8 Å². The van der Waals surface area contributed by atoms with Crippen molar-refractivity contribution in [1.29, 1.82) is 0 Å². The Kier molecular flexibility index (Phi) is 7.72. The van der Waals surface area contributed by atoms with E-state index in [0.717, 1.165) is 12.1 Å². The Morgan fingerprint density at radius 3 is 2.29 bits per heavy atom. The molecule has 0 aromatic heterocycles. The van der Waals surface area contributed by atoms with Crippen LogP contribution in [0.2, 0.25) is 0 Å². The van der Waals surface area contributed by atoms with Crippen molar-refractivity contribution in [3.63, 3.8) is 0 Å². The molecule has 0 fully saturated rings. The number of nitrogens with one attached hydrogen (secondary N) is 2. The van der Waals surface area contributed by atoms with Crippen molar-refractivity contribution in [1.82, 2.24) is 10.7 Å². The van der Waals surface area contributed by atoms with Crippen LogP contribution in [0.4, 0.5) is 5.69 Å². The molecule has 0 heterocycles. The van der Waals surface area contributed by atoms with Crippen LogP contribution in [0, 0.1) is 10.1 Å². The standard InChI is InChI=1S/C19H20N4O8/c1-29-15-7-12(8-16(30-2)18(15)31-3)19(26)20-10-17(25)22-21-9-11-4-5-13(23(27)28)14(24)6-11/h4-9,24H,10H2,1-3H3,(H,20,26)(H,22,25). The normalized spacial score (nSPS) is 10.4. The smallest absolute Gasteiger partial charge is 0.310 e. The third-order valence-electron chi connectivity index (χ3n) is 3.94. The van der Waals surface area contributed by atoms with Crippen LogP contribution in [0.15, 0.2) is 35.4 Å². The van der Waals surface area contributed by atoms with Crippen LogP contribution in [0.5, 0.6) is 23.0 Å². The molecule has 0 aliphatic carbocycles. The summed E-state index contributed by atoms with van der Waals surface area (Å²) in [5.74, 6) is -0.814. The van der Waals surface area contributed by atoms with Crippen LogP contribution >= 0.6 is 0 Å². The first-order chi connectivity index (χ1) is 14.8. The number of nitro groups is 1. The Hall–Kier alpha value is -4.35. The van der Waals surface area contributed by atoms with E-state index in [9.17, 15) is 24.8 Å². The third kappa shape index (κ3) is 5.82. The van der Waals surface area contributed by atoms with Gasteiger partial charge in [-0.3, -0.25) is 19.7 Å². The second kappa shape index (κ2) is 10.4. The molecule has 2 aromatic carbocycles. The van der Waals surface area contributed by atoms with Gasteiger partial charge in [-0.15, -0.1) is 0 Å². The SMILES string of the molecule is COc1cc(C(=O)NCC(=O)NN=Cc2ccc([N+](=O)[O-])c(O)c2)cc(OC)c1OC. The van der Waals surface area contributed by atoms with Gasteiger partial charge in [-0.05, 0) is 29.8 Å². The lowest BCUT2D eigenvalue weighted by Crippen LogP contribution is -2.34. The lowest BCUT2D eigenvalue weighted by molar-refractivity contribution is -0.385. The quantitative estimate of drug-likeness (QED) is 0.302. The molecule has 164 valence electrons. The zero-order valence-corrected chi connectivity index (χ0v) is 16.9. The molecule has 2 rings (SSSR count). The number of benzene rings is 2. The number of amides is 2. The molecule has 2 amide bonds. The first kappa shape index (κ1) is 22.9. The number of carbonyl (C=O) groups is 2. The van der Waals surface area contributed by atoms with E-state index < -0.39 is 28.2 Å². The molecule has 0 atom stereocenters. The maximum absolute atomic E-state index is 12.3. The van der Waals surface area contributed by atoms with Crippen molar-refractivity contribution in [2.24, 2.45) is 5.10 Å². The number of hydrazone groups is 1. The number of aromatic hydroxyl groups is 1. The lowest BCUT2D eigenvalue weighted by atomic mass is 10.1. The average Bonchev–Trinajstić information content (AvgIpc) is 2.76. The molecule has 0 aliphatic heterocycles. The zero-order chi connectivity index (χ0) is 23.0. The first-order valence-corrected chi connectivity index (χ1v) is 8.68. The molecule has 2 aromatic rings. The van der Waals surface area contributed by atoms with Crippen LogP contribution in [0.1, 0.15) is 15.9 Å². The second-order valence-corrected chi connectivity index (χ2v) is 5.90. The lowest BCUT2D eigenvalue weighted by Gasteiger charge is -2.14. The van der Waals surface area contributed by atoms with E-state index in [0.29, 0.717) is 11.3 Å². The van der Waals surface area contributed by atoms with E-state index >= 15 is 0 Å². The summed E-state index contributed by atoms with van der Waals surface area (Å²) in [6.45, 7) is -0.377. The van der Waals surface area contributed by atoms with Gasteiger partial charge in [0.25, 0.3) is 11.8 Å². The fourth-order valence-corrected chi connectivity index (χ4v) is 2.47. The van der Waals surface area contributed by atoms with Gasteiger partial charge in [0, 0.05) is 11.6 Å². The number of nitrogens with zero attached hydrogens (tertiary/aromatic N) is 2. The van der Waals surface area contributed by atoms with Crippen LogP contribution in [0.25, 0.3) is 0 Å². The molecule has 0 unspecified atom stereocenters. The Morgan fingerprint density at radius 2 is 1.77 bits per heavy atom. The number of carbonyl (C=O) groups excluding carboxylic acids is 2. The molecule has 12 heteroatoms. The largest absolute Gasteiger partial charge is 0.502 e. The van der Waals surface area contributed by atoms with Gasteiger partial charge in [-0.1, -0.05) is 0 Å². The monoisotopic (exact) mass is 432 g/mol. The summed E-state index contributed by atoms with van der Waals surface area (Å²) in [6, 6.07) is 6.46. The fraction of sp³-hybridized carbons (Fsp3) is 0.211. The predicted octanol–water partition coefficient (Wildman–Crippen LogP) is 1.21. The van der Waals surface area contributed by atoms with Gasteiger partial charge >= 0.3 is 5.69 Å². The molecule has 3 N–H and O–H groups in total. The predicted molar refractivity (Wildman–Crippen MR) is 109 cm³/mol. The van der Waals surface area contributed by atoms with Gasteiger partial charge in [0.15, 0.2) is 17.2 Å². The molecule has 0 bridgehead atoms. The van der Waals surface area contributed by atoms with Crippen LogP contribution in [-0.4, -0.2) is 55.9 Å². The second-order valence-electron chi connectivity index (χ2n) is 5.90. The highest BCUT2D eigenvalue weighted by atomic mass is 16.6. The number of nitro benzene ring substituents is 1. The van der Waals surface area contributed by atoms with Gasteiger partial charge in [0.2, 0.25) is 5.75 Å². The van der Waals surface area contributed by atoms with E-state index in [-0.39, 0.29) is 23.6 Å². The fourth-order valence-electron chi connectivity index (χ4n) is 2.47. The van der Waals surface area contributed by atoms with Gasteiger partial charge in [0.05, 0.1) is 39.0 Å².